The number of hydroxylamine groups is 1. The highest BCUT2D eigenvalue weighted by Gasteiger charge is 2.10. The third-order valence-corrected chi connectivity index (χ3v) is 0.977. The predicted octanol–water partition coefficient (Wildman–Crippen LogP) is 0.351. The first-order chi connectivity index (χ1) is 6.11. The van der Waals surface area contributed by atoms with Crippen molar-refractivity contribution in [2.75, 3.05) is 13.7 Å². The van der Waals surface area contributed by atoms with Crippen molar-refractivity contribution in [1.29, 1.82) is 0 Å². The summed E-state index contributed by atoms with van der Waals surface area (Å²) in [4.78, 5) is 25.6. The van der Waals surface area contributed by atoms with E-state index in [-0.39, 0.29) is 12.4 Å². The number of hydrogen-bond acceptors (Lipinski definition) is 5. The maximum Gasteiger partial charge on any atom is 0.440 e. The molecule has 0 saturated heterocycles. The average molecular weight is 189 g/mol. The Balaban J connectivity index is 3.70. The number of methoxy groups -OCH3 is 1. The van der Waals surface area contributed by atoms with E-state index in [0.29, 0.717) is 0 Å². The minimum Gasteiger partial charge on any atom is -0.490 e. The van der Waals surface area contributed by atoms with Gasteiger partial charge in [0.15, 0.2) is 5.76 Å². The van der Waals surface area contributed by atoms with Crippen LogP contribution < -0.4 is 5.48 Å². The Hall–Kier alpha value is -1.72. The van der Waals surface area contributed by atoms with Crippen LogP contribution in [-0.4, -0.2) is 25.8 Å². The first-order valence-corrected chi connectivity index (χ1v) is 3.48. The molecule has 0 spiro atoms. The van der Waals surface area contributed by atoms with Crippen molar-refractivity contribution in [3.8, 4) is 0 Å². The molecule has 0 aromatic carbocycles. The van der Waals surface area contributed by atoms with Crippen molar-refractivity contribution < 1.29 is 23.9 Å². The lowest BCUT2D eigenvalue weighted by Crippen LogP contribution is -2.28. The number of carbonyl (C=O) groups excluding carboxylic acids is 2. The van der Waals surface area contributed by atoms with Gasteiger partial charge in [0.1, 0.15) is 0 Å². The molecule has 0 aromatic rings. The van der Waals surface area contributed by atoms with Crippen LogP contribution in [-0.2, 0) is 19.1 Å². The highest BCUT2D eigenvalue weighted by atomic mass is 16.7. The topological polar surface area (TPSA) is 73.9 Å². The van der Waals surface area contributed by atoms with E-state index >= 15 is 0 Å². The Labute approximate surface area is 75.4 Å². The zero-order chi connectivity index (χ0) is 10.3. The molecular weight excluding hydrogens is 178 g/mol. The lowest BCUT2D eigenvalue weighted by molar-refractivity contribution is -0.148. The van der Waals surface area contributed by atoms with Gasteiger partial charge >= 0.3 is 12.1 Å². The summed E-state index contributed by atoms with van der Waals surface area (Å²) >= 11 is 0. The van der Waals surface area contributed by atoms with Crippen LogP contribution in [0.1, 0.15) is 6.92 Å². The largest absolute Gasteiger partial charge is 0.490 e. The number of nitrogens with one attached hydrogen (secondary N) is 1. The van der Waals surface area contributed by atoms with Gasteiger partial charge in [-0.3, -0.25) is 0 Å². The molecule has 0 fully saturated rings. The van der Waals surface area contributed by atoms with E-state index in [1.165, 1.54) is 7.11 Å². The lowest BCUT2D eigenvalue weighted by Gasteiger charge is -2.05. The number of hydrogen-bond donors (Lipinski definition) is 1. The SMILES string of the molecule is C=C(OC)C(=O)ONC(=O)OCC. The van der Waals surface area contributed by atoms with Crippen molar-refractivity contribution in [3.63, 3.8) is 0 Å². The normalized spacial score (nSPS) is 8.46. The molecule has 6 nitrogen and oxygen atoms in total. The molecule has 0 unspecified atom stereocenters. The van der Waals surface area contributed by atoms with Crippen LogP contribution in [0.4, 0.5) is 4.79 Å². The van der Waals surface area contributed by atoms with Crippen LogP contribution in [0.5, 0.6) is 0 Å². The molecule has 0 saturated carbocycles. The average Bonchev–Trinajstić information content (AvgIpc) is 2.13. The highest BCUT2D eigenvalue weighted by molar-refractivity contribution is 5.86. The summed E-state index contributed by atoms with van der Waals surface area (Å²) in [5.74, 6) is -1.09. The van der Waals surface area contributed by atoms with Gasteiger partial charge in [-0.25, -0.2) is 9.59 Å². The molecule has 74 valence electrons. The highest BCUT2D eigenvalue weighted by Crippen LogP contribution is 1.92. The van der Waals surface area contributed by atoms with Crippen molar-refractivity contribution >= 4 is 12.1 Å². The Kier molecular flexibility index (Phi) is 5.09. The summed E-state index contributed by atoms with van der Waals surface area (Å²) < 4.78 is 8.85. The summed E-state index contributed by atoms with van der Waals surface area (Å²) in [6.07, 6.45) is -0.847. The van der Waals surface area contributed by atoms with E-state index in [1.807, 2.05) is 0 Å². The molecule has 0 bridgehead atoms. The number of amides is 1. The molecular formula is C7H11NO5. The van der Waals surface area contributed by atoms with Crippen LogP contribution in [0.2, 0.25) is 0 Å². The maximum atomic E-state index is 10.8. The third kappa shape index (κ3) is 4.67. The molecule has 0 radical (unpaired) electrons. The predicted molar refractivity (Wildman–Crippen MR) is 42.4 cm³/mol. The van der Waals surface area contributed by atoms with Crippen molar-refractivity contribution in [2.24, 2.45) is 0 Å². The number of ether oxygens (including phenoxy) is 2. The Bertz CT molecular complexity index is 213. The first-order valence-electron chi connectivity index (χ1n) is 3.48. The van der Waals surface area contributed by atoms with E-state index in [0.717, 1.165) is 0 Å². The Morgan fingerprint density at radius 1 is 1.46 bits per heavy atom. The minimum atomic E-state index is -0.879. The summed E-state index contributed by atoms with van der Waals surface area (Å²) in [5.41, 5.74) is 1.75. The van der Waals surface area contributed by atoms with E-state index in [9.17, 15) is 9.59 Å². The smallest absolute Gasteiger partial charge is 0.440 e. The molecule has 0 heterocycles. The van der Waals surface area contributed by atoms with Gasteiger partial charge in [-0.15, -0.1) is 5.48 Å². The lowest BCUT2D eigenvalue weighted by atomic mass is 10.6. The van der Waals surface area contributed by atoms with Crippen molar-refractivity contribution in [2.45, 2.75) is 6.92 Å². The monoisotopic (exact) mass is 189 g/mol. The van der Waals surface area contributed by atoms with Crippen molar-refractivity contribution in [3.05, 3.63) is 12.3 Å². The van der Waals surface area contributed by atoms with Gasteiger partial charge in [0.05, 0.1) is 13.7 Å². The fraction of sp³-hybridized carbons (Fsp3) is 0.429. The molecule has 0 rings (SSSR count). The zero-order valence-electron chi connectivity index (χ0n) is 7.46. The van der Waals surface area contributed by atoms with E-state index in [2.05, 4.69) is 20.9 Å². The minimum absolute atomic E-state index is 0.189. The molecule has 1 amide bonds. The molecule has 0 atom stereocenters. The Morgan fingerprint density at radius 3 is 2.54 bits per heavy atom. The fourth-order valence-electron chi connectivity index (χ4n) is 0.389. The summed E-state index contributed by atoms with van der Waals surface area (Å²) in [7, 11) is 1.26. The molecule has 0 aromatic heterocycles. The van der Waals surface area contributed by atoms with E-state index < -0.39 is 12.1 Å². The van der Waals surface area contributed by atoms with Gasteiger partial charge in [-0.1, -0.05) is 0 Å². The first kappa shape index (κ1) is 11.3. The van der Waals surface area contributed by atoms with E-state index in [4.69, 9.17) is 0 Å². The standard InChI is InChI=1S/C7H11NO5/c1-4-12-7(10)8-13-6(9)5(2)11-3/h2,4H2,1,3H3,(H,8,10). The molecule has 0 aliphatic carbocycles. The summed E-state index contributed by atoms with van der Waals surface area (Å²) in [6.45, 7) is 5.02. The van der Waals surface area contributed by atoms with Crippen LogP contribution >= 0.6 is 0 Å². The molecule has 0 aliphatic rings. The second-order valence-corrected chi connectivity index (χ2v) is 1.84. The molecule has 0 aliphatic heterocycles. The van der Waals surface area contributed by atoms with Gasteiger partial charge in [0, 0.05) is 0 Å². The zero-order valence-corrected chi connectivity index (χ0v) is 7.46. The van der Waals surface area contributed by atoms with Gasteiger partial charge in [-0.2, -0.15) is 0 Å². The molecule has 1 N–H and O–H groups in total. The fourth-order valence-corrected chi connectivity index (χ4v) is 0.389. The summed E-state index contributed by atoms with van der Waals surface area (Å²) in [6, 6.07) is 0. The van der Waals surface area contributed by atoms with Gasteiger partial charge in [0.2, 0.25) is 0 Å². The number of carbonyl (C=O) groups is 2. The van der Waals surface area contributed by atoms with E-state index in [1.54, 1.807) is 12.4 Å². The van der Waals surface area contributed by atoms with Crippen LogP contribution in [0, 0.1) is 0 Å². The second kappa shape index (κ2) is 5.87. The second-order valence-electron chi connectivity index (χ2n) is 1.84. The van der Waals surface area contributed by atoms with Crippen molar-refractivity contribution in [1.82, 2.24) is 5.48 Å². The quantitative estimate of drug-likeness (QED) is 0.394. The third-order valence-electron chi connectivity index (χ3n) is 0.977. The van der Waals surface area contributed by atoms with Gasteiger partial charge in [0.25, 0.3) is 0 Å². The summed E-state index contributed by atoms with van der Waals surface area (Å²) in [5, 5.41) is 0. The molecule has 13 heavy (non-hydrogen) atoms. The van der Waals surface area contributed by atoms with Gasteiger partial charge < -0.3 is 14.3 Å². The maximum absolute atomic E-state index is 10.8. The Morgan fingerprint density at radius 2 is 2.08 bits per heavy atom. The van der Waals surface area contributed by atoms with Gasteiger partial charge in [-0.05, 0) is 13.5 Å². The van der Waals surface area contributed by atoms with Crippen LogP contribution in [0.15, 0.2) is 12.3 Å². The molecule has 6 heteroatoms. The number of rotatable bonds is 3. The van der Waals surface area contributed by atoms with Crippen LogP contribution in [0.3, 0.4) is 0 Å². The van der Waals surface area contributed by atoms with Crippen LogP contribution in [0.25, 0.3) is 0 Å².